The molecule has 0 aliphatic heterocycles. The first-order valence-electron chi connectivity index (χ1n) is 6.45. The van der Waals surface area contributed by atoms with E-state index in [4.69, 9.17) is 4.74 Å². The summed E-state index contributed by atoms with van der Waals surface area (Å²) in [5.74, 6) is 0.00179. The number of aliphatic carboxylic acids is 1. The zero-order valence-electron chi connectivity index (χ0n) is 11.2. The van der Waals surface area contributed by atoms with Crippen LogP contribution in [0, 0.1) is 17.3 Å². The monoisotopic (exact) mass is 255 g/mol. The highest BCUT2D eigenvalue weighted by atomic mass is 16.6. The lowest BCUT2D eigenvalue weighted by atomic mass is 10.0. The molecule has 2 N–H and O–H groups in total. The van der Waals surface area contributed by atoms with E-state index in [1.165, 1.54) is 0 Å². The molecule has 2 saturated carbocycles. The second-order valence-corrected chi connectivity index (χ2v) is 6.46. The minimum absolute atomic E-state index is 0.179. The fourth-order valence-electron chi connectivity index (χ4n) is 2.52. The number of rotatable bonds is 4. The Bertz CT molecular complexity index is 370. The predicted octanol–water partition coefficient (Wildman–Crippen LogP) is 2.01. The fraction of sp³-hybridized carbons (Fsp3) is 0.846. The molecular formula is C13H21NO4. The fourth-order valence-corrected chi connectivity index (χ4v) is 2.52. The van der Waals surface area contributed by atoms with Crippen LogP contribution >= 0.6 is 0 Å². The van der Waals surface area contributed by atoms with Gasteiger partial charge in [-0.1, -0.05) is 0 Å². The molecule has 2 aliphatic rings. The van der Waals surface area contributed by atoms with Gasteiger partial charge in [-0.2, -0.15) is 0 Å². The van der Waals surface area contributed by atoms with E-state index in [0.717, 1.165) is 12.8 Å². The summed E-state index contributed by atoms with van der Waals surface area (Å²) < 4.78 is 5.11. The molecule has 0 aromatic heterocycles. The number of hydrogen-bond donors (Lipinski definition) is 2. The van der Waals surface area contributed by atoms with Gasteiger partial charge in [0, 0.05) is 6.54 Å². The molecule has 5 nitrogen and oxygen atoms in total. The molecule has 0 saturated heterocycles. The number of carbonyl (C=O) groups is 2. The van der Waals surface area contributed by atoms with Crippen LogP contribution in [0.15, 0.2) is 0 Å². The first-order valence-corrected chi connectivity index (χ1v) is 6.45. The van der Waals surface area contributed by atoms with Crippen molar-refractivity contribution in [1.29, 1.82) is 0 Å². The van der Waals surface area contributed by atoms with Crippen molar-refractivity contribution in [2.75, 3.05) is 6.54 Å². The van der Waals surface area contributed by atoms with Gasteiger partial charge >= 0.3 is 12.1 Å². The van der Waals surface area contributed by atoms with Crippen molar-refractivity contribution in [3.05, 3.63) is 0 Å². The number of carboxylic acids is 1. The number of alkyl carbamates (subject to hydrolysis) is 1. The van der Waals surface area contributed by atoms with Crippen LogP contribution in [0.25, 0.3) is 0 Å². The van der Waals surface area contributed by atoms with Crippen molar-refractivity contribution >= 4 is 12.1 Å². The molecule has 5 heteroatoms. The van der Waals surface area contributed by atoms with E-state index in [9.17, 15) is 14.7 Å². The maximum atomic E-state index is 11.5. The largest absolute Gasteiger partial charge is 0.481 e. The summed E-state index contributed by atoms with van der Waals surface area (Å²) in [5.41, 5.74) is -1.29. The topological polar surface area (TPSA) is 75.6 Å². The molecule has 102 valence electrons. The van der Waals surface area contributed by atoms with Crippen LogP contribution in [0.5, 0.6) is 0 Å². The quantitative estimate of drug-likeness (QED) is 0.805. The minimum Gasteiger partial charge on any atom is -0.481 e. The highest BCUT2D eigenvalue weighted by Crippen LogP contribution is 2.62. The van der Waals surface area contributed by atoms with Gasteiger partial charge in [0.15, 0.2) is 0 Å². The van der Waals surface area contributed by atoms with E-state index < -0.39 is 23.1 Å². The zero-order chi connectivity index (χ0) is 13.6. The van der Waals surface area contributed by atoms with Gasteiger partial charge in [0.05, 0.1) is 5.41 Å². The first-order chi connectivity index (χ1) is 8.24. The Hall–Kier alpha value is -1.26. The normalized spacial score (nSPS) is 30.7. The summed E-state index contributed by atoms with van der Waals surface area (Å²) in [5, 5.41) is 11.9. The predicted molar refractivity (Wildman–Crippen MR) is 65.1 cm³/mol. The molecule has 0 radical (unpaired) electrons. The third kappa shape index (κ3) is 2.76. The number of hydrogen-bond acceptors (Lipinski definition) is 3. The van der Waals surface area contributed by atoms with Crippen molar-refractivity contribution in [3.63, 3.8) is 0 Å². The van der Waals surface area contributed by atoms with Crippen molar-refractivity contribution in [3.8, 4) is 0 Å². The molecule has 0 aromatic carbocycles. The molecule has 0 bridgehead atoms. The molecule has 0 unspecified atom stereocenters. The Balaban J connectivity index is 1.84. The van der Waals surface area contributed by atoms with E-state index in [1.807, 2.05) is 0 Å². The molecule has 2 atom stereocenters. The molecular weight excluding hydrogens is 234 g/mol. The van der Waals surface area contributed by atoms with E-state index in [0.29, 0.717) is 12.3 Å². The Morgan fingerprint density at radius 2 is 2.00 bits per heavy atom. The van der Waals surface area contributed by atoms with E-state index in [1.54, 1.807) is 20.8 Å². The van der Waals surface area contributed by atoms with Crippen molar-refractivity contribution in [2.45, 2.75) is 45.6 Å². The van der Waals surface area contributed by atoms with Gasteiger partial charge in [-0.25, -0.2) is 4.79 Å². The molecule has 1 amide bonds. The number of carbonyl (C=O) groups excluding carboxylic acids is 1. The van der Waals surface area contributed by atoms with Gasteiger partial charge in [-0.15, -0.1) is 0 Å². The summed E-state index contributed by atoms with van der Waals surface area (Å²) in [4.78, 5) is 22.9. The number of amides is 1. The highest BCUT2D eigenvalue weighted by Gasteiger charge is 2.64. The van der Waals surface area contributed by atoms with E-state index in [2.05, 4.69) is 5.32 Å². The summed E-state index contributed by atoms with van der Waals surface area (Å²) in [6.45, 7) is 5.52. The minimum atomic E-state index is -0.796. The highest BCUT2D eigenvalue weighted by molar-refractivity contribution is 5.80. The third-order valence-corrected chi connectivity index (χ3v) is 3.70. The second-order valence-electron chi connectivity index (χ2n) is 6.46. The lowest BCUT2D eigenvalue weighted by Crippen LogP contribution is -2.39. The van der Waals surface area contributed by atoms with Gasteiger partial charge in [-0.3, -0.25) is 4.79 Å². The van der Waals surface area contributed by atoms with Crippen LogP contribution in [-0.4, -0.2) is 29.3 Å². The molecule has 2 fully saturated rings. The maximum Gasteiger partial charge on any atom is 0.407 e. The first kappa shape index (κ1) is 13.2. The average Bonchev–Trinajstić information content (AvgIpc) is 3.06. The van der Waals surface area contributed by atoms with Crippen LogP contribution in [0.1, 0.15) is 40.0 Å². The lowest BCUT2D eigenvalue weighted by molar-refractivity contribution is -0.143. The van der Waals surface area contributed by atoms with E-state index >= 15 is 0 Å². The van der Waals surface area contributed by atoms with Crippen LogP contribution < -0.4 is 5.32 Å². The van der Waals surface area contributed by atoms with Crippen LogP contribution in [0.3, 0.4) is 0 Å². The maximum absolute atomic E-state index is 11.5. The average molecular weight is 255 g/mol. The second kappa shape index (κ2) is 4.14. The molecule has 0 spiro atoms. The van der Waals surface area contributed by atoms with Crippen LogP contribution in [0.2, 0.25) is 0 Å². The molecule has 0 heterocycles. The zero-order valence-corrected chi connectivity index (χ0v) is 11.2. The lowest BCUT2D eigenvalue weighted by Gasteiger charge is -2.21. The summed E-state index contributed by atoms with van der Waals surface area (Å²) >= 11 is 0. The Labute approximate surface area is 107 Å². The van der Waals surface area contributed by atoms with Gasteiger partial charge in [0.25, 0.3) is 0 Å². The van der Waals surface area contributed by atoms with Gasteiger partial charge in [0.2, 0.25) is 0 Å². The Kier molecular flexibility index (Phi) is 3.03. The summed E-state index contributed by atoms with van der Waals surface area (Å²) in [6.07, 6.45) is 2.41. The molecule has 2 rings (SSSR count). The smallest absolute Gasteiger partial charge is 0.407 e. The standard InChI is InChI=1S/C13H21NO4/c1-12(2,3)18-11(17)14-7-13(10(15)16)6-9(13)8-4-5-8/h8-9H,4-7H2,1-3H3,(H,14,17)(H,15,16)/t9-,13+/m0/s1. The van der Waals surface area contributed by atoms with Gasteiger partial charge in [0.1, 0.15) is 5.60 Å². The molecule has 0 aromatic rings. The van der Waals surface area contributed by atoms with Crippen LogP contribution in [0.4, 0.5) is 4.79 Å². The number of nitrogens with one attached hydrogen (secondary N) is 1. The third-order valence-electron chi connectivity index (χ3n) is 3.70. The Morgan fingerprint density at radius 1 is 1.39 bits per heavy atom. The van der Waals surface area contributed by atoms with Gasteiger partial charge in [-0.05, 0) is 51.9 Å². The van der Waals surface area contributed by atoms with E-state index in [-0.39, 0.29) is 12.5 Å². The SMILES string of the molecule is CC(C)(C)OC(=O)NC[C@]1(C(=O)O)C[C@H]1C1CC1. The molecule has 18 heavy (non-hydrogen) atoms. The van der Waals surface area contributed by atoms with Crippen molar-refractivity contribution in [1.82, 2.24) is 5.32 Å². The Morgan fingerprint density at radius 3 is 2.44 bits per heavy atom. The number of carboxylic acid groups (broad SMARTS) is 1. The summed E-state index contributed by atoms with van der Waals surface area (Å²) in [6, 6.07) is 0. The van der Waals surface area contributed by atoms with Crippen molar-refractivity contribution < 1.29 is 19.4 Å². The van der Waals surface area contributed by atoms with Crippen LogP contribution in [-0.2, 0) is 9.53 Å². The number of ether oxygens (including phenoxy) is 1. The van der Waals surface area contributed by atoms with Gasteiger partial charge < -0.3 is 15.2 Å². The van der Waals surface area contributed by atoms with Crippen molar-refractivity contribution in [2.24, 2.45) is 17.3 Å². The molecule has 2 aliphatic carbocycles. The summed E-state index contributed by atoms with van der Waals surface area (Å²) in [7, 11) is 0.